The lowest BCUT2D eigenvalue weighted by molar-refractivity contribution is -0.113. The molecule has 1 amide bonds. The topological polar surface area (TPSA) is 88.0 Å². The highest BCUT2D eigenvalue weighted by Crippen LogP contribution is 2.23. The molecule has 0 unspecified atom stereocenters. The SMILES string of the molecule is O=C(CSc1n[nH]c2nc3ccccc3n12)Nc1cccnc1Cl. The summed E-state index contributed by atoms with van der Waals surface area (Å²) in [6, 6.07) is 11.2. The number of rotatable bonds is 4. The van der Waals surface area contributed by atoms with E-state index >= 15 is 0 Å². The number of fused-ring (bicyclic) bond motifs is 3. The summed E-state index contributed by atoms with van der Waals surface area (Å²) in [5.41, 5.74) is 2.31. The minimum absolute atomic E-state index is 0.185. The summed E-state index contributed by atoms with van der Waals surface area (Å²) in [5, 5.41) is 10.8. The molecule has 120 valence electrons. The molecule has 0 bridgehead atoms. The van der Waals surface area contributed by atoms with Crippen molar-refractivity contribution in [2.45, 2.75) is 5.16 Å². The largest absolute Gasteiger partial charge is 0.323 e. The highest BCUT2D eigenvalue weighted by molar-refractivity contribution is 7.99. The van der Waals surface area contributed by atoms with Crippen LogP contribution in [0.3, 0.4) is 0 Å². The van der Waals surface area contributed by atoms with E-state index in [0.29, 0.717) is 16.6 Å². The van der Waals surface area contributed by atoms with Crippen molar-refractivity contribution in [1.82, 2.24) is 24.6 Å². The number of nitrogens with one attached hydrogen (secondary N) is 2. The Morgan fingerprint density at radius 2 is 2.17 bits per heavy atom. The molecule has 9 heteroatoms. The van der Waals surface area contributed by atoms with E-state index in [2.05, 4.69) is 25.5 Å². The van der Waals surface area contributed by atoms with Gasteiger partial charge >= 0.3 is 0 Å². The Labute approximate surface area is 145 Å². The van der Waals surface area contributed by atoms with Gasteiger partial charge in [-0.1, -0.05) is 35.5 Å². The first-order valence-corrected chi connectivity index (χ1v) is 8.43. The molecule has 0 fully saturated rings. The molecule has 0 saturated carbocycles. The van der Waals surface area contributed by atoms with E-state index in [1.807, 2.05) is 28.7 Å². The van der Waals surface area contributed by atoms with Gasteiger partial charge in [-0.15, -0.1) is 5.10 Å². The van der Waals surface area contributed by atoms with E-state index < -0.39 is 0 Å². The maximum absolute atomic E-state index is 12.1. The summed E-state index contributed by atoms with van der Waals surface area (Å²) in [6.45, 7) is 0. The van der Waals surface area contributed by atoms with Crippen LogP contribution in [-0.4, -0.2) is 36.2 Å². The summed E-state index contributed by atoms with van der Waals surface area (Å²) in [6.07, 6.45) is 1.57. The minimum atomic E-state index is -0.185. The Balaban J connectivity index is 1.53. The smallest absolute Gasteiger partial charge is 0.234 e. The van der Waals surface area contributed by atoms with Crippen LogP contribution in [0.1, 0.15) is 0 Å². The van der Waals surface area contributed by atoms with Crippen molar-refractivity contribution in [1.29, 1.82) is 0 Å². The molecule has 4 rings (SSSR count). The summed E-state index contributed by atoms with van der Waals surface area (Å²) in [5.74, 6) is 0.655. The van der Waals surface area contributed by atoms with E-state index in [1.54, 1.807) is 18.3 Å². The molecular formula is C15H11ClN6OS. The summed E-state index contributed by atoms with van der Waals surface area (Å²) in [4.78, 5) is 20.5. The Morgan fingerprint density at radius 1 is 1.29 bits per heavy atom. The van der Waals surface area contributed by atoms with E-state index in [9.17, 15) is 4.79 Å². The van der Waals surface area contributed by atoms with Gasteiger partial charge in [-0.25, -0.2) is 15.1 Å². The number of carbonyl (C=O) groups excluding carboxylic acids is 1. The fraction of sp³-hybridized carbons (Fsp3) is 0.0667. The van der Waals surface area contributed by atoms with Gasteiger partial charge in [-0.3, -0.25) is 9.20 Å². The highest BCUT2D eigenvalue weighted by atomic mass is 35.5. The maximum atomic E-state index is 12.1. The molecule has 3 aromatic heterocycles. The molecular weight excluding hydrogens is 348 g/mol. The number of benzene rings is 1. The number of para-hydroxylation sites is 2. The summed E-state index contributed by atoms with van der Waals surface area (Å²) in [7, 11) is 0. The zero-order valence-electron chi connectivity index (χ0n) is 12.2. The first kappa shape index (κ1) is 15.0. The summed E-state index contributed by atoms with van der Waals surface area (Å²) < 4.78 is 1.89. The number of aromatic amines is 1. The molecule has 0 aliphatic carbocycles. The van der Waals surface area contributed by atoms with Gasteiger partial charge in [-0.05, 0) is 24.3 Å². The van der Waals surface area contributed by atoms with Crippen molar-refractivity contribution in [2.24, 2.45) is 0 Å². The molecule has 0 aliphatic heterocycles. The maximum Gasteiger partial charge on any atom is 0.234 e. The number of anilines is 1. The number of hydrogen-bond acceptors (Lipinski definition) is 5. The monoisotopic (exact) mass is 358 g/mol. The van der Waals surface area contributed by atoms with Crippen LogP contribution in [0.5, 0.6) is 0 Å². The van der Waals surface area contributed by atoms with Crippen LogP contribution < -0.4 is 5.32 Å². The average molecular weight is 359 g/mol. The number of H-pyrrole nitrogens is 1. The fourth-order valence-electron chi connectivity index (χ4n) is 2.33. The van der Waals surface area contributed by atoms with E-state index in [1.165, 1.54) is 11.8 Å². The van der Waals surface area contributed by atoms with E-state index in [0.717, 1.165) is 11.0 Å². The van der Waals surface area contributed by atoms with Gasteiger partial charge in [0.05, 0.1) is 22.5 Å². The lowest BCUT2D eigenvalue weighted by atomic mass is 10.3. The first-order chi connectivity index (χ1) is 11.7. The van der Waals surface area contributed by atoms with Crippen molar-refractivity contribution in [2.75, 3.05) is 11.1 Å². The molecule has 4 aromatic rings. The molecule has 0 atom stereocenters. The molecule has 0 saturated heterocycles. The normalized spacial score (nSPS) is 11.2. The number of hydrogen-bond donors (Lipinski definition) is 2. The first-order valence-electron chi connectivity index (χ1n) is 7.07. The van der Waals surface area contributed by atoms with Gasteiger partial charge in [0, 0.05) is 6.20 Å². The van der Waals surface area contributed by atoms with E-state index in [4.69, 9.17) is 11.6 Å². The Kier molecular flexibility index (Phi) is 3.83. The van der Waals surface area contributed by atoms with Crippen LogP contribution in [0.4, 0.5) is 5.69 Å². The number of halogens is 1. The van der Waals surface area contributed by atoms with Crippen LogP contribution in [0.15, 0.2) is 47.8 Å². The van der Waals surface area contributed by atoms with Crippen LogP contribution >= 0.6 is 23.4 Å². The number of amides is 1. The standard InChI is InChI=1S/C15H11ClN6OS/c16-13-10(5-3-7-17-13)18-12(23)8-24-15-21-20-14-19-9-4-1-2-6-11(9)22(14)15/h1-7H,8H2,(H,18,23)(H,19,20). The molecule has 7 nitrogen and oxygen atoms in total. The predicted octanol–water partition coefficient (Wildman–Crippen LogP) is 2.99. The van der Waals surface area contributed by atoms with Crippen LogP contribution in [-0.2, 0) is 4.79 Å². The van der Waals surface area contributed by atoms with Crippen LogP contribution in [0, 0.1) is 0 Å². The number of pyridine rings is 1. The molecule has 1 aromatic carbocycles. The second-order valence-corrected chi connectivity index (χ2v) is 6.24. The molecule has 2 N–H and O–H groups in total. The van der Waals surface area contributed by atoms with Crippen LogP contribution in [0.25, 0.3) is 16.8 Å². The zero-order valence-corrected chi connectivity index (χ0v) is 13.8. The molecule has 3 heterocycles. The zero-order chi connectivity index (χ0) is 16.5. The van der Waals surface area contributed by atoms with Crippen molar-refractivity contribution >= 4 is 51.8 Å². The predicted molar refractivity (Wildman–Crippen MR) is 93.4 cm³/mol. The number of carbonyl (C=O) groups is 1. The molecule has 0 radical (unpaired) electrons. The third-order valence-electron chi connectivity index (χ3n) is 3.37. The van der Waals surface area contributed by atoms with Gasteiger partial charge < -0.3 is 5.32 Å². The number of nitrogens with zero attached hydrogens (tertiary/aromatic N) is 4. The third kappa shape index (κ3) is 2.70. The highest BCUT2D eigenvalue weighted by Gasteiger charge is 2.14. The summed E-state index contributed by atoms with van der Waals surface area (Å²) >= 11 is 7.25. The number of thioether (sulfide) groups is 1. The minimum Gasteiger partial charge on any atom is -0.323 e. The van der Waals surface area contributed by atoms with E-state index in [-0.39, 0.29) is 16.8 Å². The fourth-order valence-corrected chi connectivity index (χ4v) is 3.26. The quantitative estimate of drug-likeness (QED) is 0.432. The third-order valence-corrected chi connectivity index (χ3v) is 4.61. The van der Waals surface area contributed by atoms with Crippen molar-refractivity contribution in [3.05, 3.63) is 47.7 Å². The van der Waals surface area contributed by atoms with Gasteiger partial charge in [-0.2, -0.15) is 0 Å². The van der Waals surface area contributed by atoms with Crippen molar-refractivity contribution < 1.29 is 4.79 Å². The average Bonchev–Trinajstić information content (AvgIpc) is 3.14. The molecule has 0 aliphatic rings. The second kappa shape index (κ2) is 6.14. The Bertz CT molecular complexity index is 1040. The van der Waals surface area contributed by atoms with Gasteiger partial charge in [0.15, 0.2) is 10.3 Å². The number of aromatic nitrogens is 5. The Hall–Kier alpha value is -2.58. The van der Waals surface area contributed by atoms with Crippen molar-refractivity contribution in [3.8, 4) is 0 Å². The van der Waals surface area contributed by atoms with Gasteiger partial charge in [0.25, 0.3) is 0 Å². The lowest BCUT2D eigenvalue weighted by Crippen LogP contribution is -2.14. The van der Waals surface area contributed by atoms with Crippen LogP contribution in [0.2, 0.25) is 5.15 Å². The van der Waals surface area contributed by atoms with Crippen molar-refractivity contribution in [3.63, 3.8) is 0 Å². The van der Waals surface area contributed by atoms with Gasteiger partial charge in [0.2, 0.25) is 11.7 Å². The second-order valence-electron chi connectivity index (χ2n) is 4.94. The molecule has 24 heavy (non-hydrogen) atoms. The number of imidazole rings is 1. The Morgan fingerprint density at radius 3 is 3.04 bits per heavy atom. The lowest BCUT2D eigenvalue weighted by Gasteiger charge is -2.05. The molecule has 0 spiro atoms. The van der Waals surface area contributed by atoms with Gasteiger partial charge in [0.1, 0.15) is 0 Å².